The molecule has 0 amide bonds. The molecule has 0 spiro atoms. The van der Waals surface area contributed by atoms with Crippen LogP contribution in [-0.4, -0.2) is 0 Å². The van der Waals surface area contributed by atoms with Crippen LogP contribution >= 0.6 is 12.4 Å². The van der Waals surface area contributed by atoms with Crippen molar-refractivity contribution in [1.29, 1.82) is 0 Å². The Labute approximate surface area is 144 Å². The summed E-state index contributed by atoms with van der Waals surface area (Å²) >= 11 is 0. The van der Waals surface area contributed by atoms with Crippen LogP contribution in [0.5, 0.6) is 0 Å². The van der Waals surface area contributed by atoms with Gasteiger partial charge in [0.05, 0.1) is 11.4 Å². The molecular formula is C20H21ClN2. The maximum Gasteiger partial charge on any atom is 0.0578 e. The van der Waals surface area contributed by atoms with Gasteiger partial charge in [-0.15, -0.1) is 12.4 Å². The van der Waals surface area contributed by atoms with Gasteiger partial charge in [0.15, 0.2) is 0 Å². The van der Waals surface area contributed by atoms with Gasteiger partial charge in [-0.1, -0.05) is 72.8 Å². The second-order valence-electron chi connectivity index (χ2n) is 5.22. The smallest absolute Gasteiger partial charge is 0.0578 e. The number of para-hydroxylation sites is 2. The van der Waals surface area contributed by atoms with E-state index in [9.17, 15) is 0 Å². The van der Waals surface area contributed by atoms with Gasteiger partial charge in [-0.05, 0) is 23.3 Å². The van der Waals surface area contributed by atoms with E-state index in [2.05, 4.69) is 83.4 Å². The van der Waals surface area contributed by atoms with Crippen molar-refractivity contribution >= 4 is 23.8 Å². The van der Waals surface area contributed by atoms with Gasteiger partial charge in [-0.25, -0.2) is 0 Å². The van der Waals surface area contributed by atoms with Gasteiger partial charge >= 0.3 is 0 Å². The zero-order chi connectivity index (χ0) is 15.0. The first-order chi connectivity index (χ1) is 10.9. The Hall–Kier alpha value is -2.45. The van der Waals surface area contributed by atoms with E-state index < -0.39 is 0 Å². The molecule has 0 unspecified atom stereocenters. The topological polar surface area (TPSA) is 24.1 Å². The van der Waals surface area contributed by atoms with Crippen molar-refractivity contribution in [2.75, 3.05) is 10.6 Å². The molecule has 0 heterocycles. The highest BCUT2D eigenvalue weighted by atomic mass is 35.5. The van der Waals surface area contributed by atoms with Gasteiger partial charge in [0.2, 0.25) is 0 Å². The monoisotopic (exact) mass is 324 g/mol. The van der Waals surface area contributed by atoms with Gasteiger partial charge in [-0.3, -0.25) is 0 Å². The lowest BCUT2D eigenvalue weighted by Crippen LogP contribution is -2.05. The van der Waals surface area contributed by atoms with Crippen LogP contribution in [0.2, 0.25) is 0 Å². The molecule has 0 atom stereocenters. The molecule has 0 aliphatic carbocycles. The normalized spacial score (nSPS) is 9.74. The van der Waals surface area contributed by atoms with Crippen LogP contribution in [0.1, 0.15) is 11.1 Å². The molecule has 0 bridgehead atoms. The number of hydrogen-bond donors (Lipinski definition) is 2. The Morgan fingerprint density at radius 2 is 0.826 bits per heavy atom. The second kappa shape index (κ2) is 8.86. The first-order valence-corrected chi connectivity index (χ1v) is 7.56. The zero-order valence-corrected chi connectivity index (χ0v) is 13.7. The lowest BCUT2D eigenvalue weighted by atomic mass is 10.2. The Bertz CT molecular complexity index is 637. The molecule has 2 nitrogen and oxygen atoms in total. The molecule has 0 aromatic heterocycles. The van der Waals surface area contributed by atoms with E-state index in [0.717, 1.165) is 24.5 Å². The summed E-state index contributed by atoms with van der Waals surface area (Å²) in [6.45, 7) is 1.65. The van der Waals surface area contributed by atoms with Crippen molar-refractivity contribution < 1.29 is 0 Å². The first kappa shape index (κ1) is 16.9. The molecule has 3 heteroatoms. The fourth-order valence-electron chi connectivity index (χ4n) is 2.38. The molecule has 23 heavy (non-hydrogen) atoms. The number of halogens is 1. The lowest BCUT2D eigenvalue weighted by molar-refractivity contribution is 1.12. The fourth-order valence-corrected chi connectivity index (χ4v) is 2.38. The quantitative estimate of drug-likeness (QED) is 0.640. The Morgan fingerprint density at radius 1 is 0.478 bits per heavy atom. The summed E-state index contributed by atoms with van der Waals surface area (Å²) < 4.78 is 0. The summed E-state index contributed by atoms with van der Waals surface area (Å²) in [5.41, 5.74) is 4.81. The molecule has 3 aromatic rings. The van der Waals surface area contributed by atoms with Gasteiger partial charge in [-0.2, -0.15) is 0 Å². The van der Waals surface area contributed by atoms with Crippen LogP contribution < -0.4 is 10.6 Å². The summed E-state index contributed by atoms with van der Waals surface area (Å²) in [6.07, 6.45) is 0. The van der Waals surface area contributed by atoms with E-state index in [0.29, 0.717) is 0 Å². The van der Waals surface area contributed by atoms with E-state index in [1.54, 1.807) is 0 Å². The minimum Gasteiger partial charge on any atom is -0.379 e. The largest absolute Gasteiger partial charge is 0.379 e. The van der Waals surface area contributed by atoms with Crippen LogP contribution in [0.15, 0.2) is 84.9 Å². The molecule has 0 radical (unpaired) electrons. The minimum absolute atomic E-state index is 0. The summed E-state index contributed by atoms with van der Waals surface area (Å²) in [6, 6.07) is 29.2. The molecule has 0 aliphatic heterocycles. The average molecular weight is 325 g/mol. The van der Waals surface area contributed by atoms with Crippen molar-refractivity contribution in [3.63, 3.8) is 0 Å². The van der Waals surface area contributed by atoms with Crippen molar-refractivity contribution in [3.8, 4) is 0 Å². The first-order valence-electron chi connectivity index (χ1n) is 7.56. The van der Waals surface area contributed by atoms with Crippen molar-refractivity contribution in [2.24, 2.45) is 0 Å². The minimum atomic E-state index is 0. The summed E-state index contributed by atoms with van der Waals surface area (Å²) in [5, 5.41) is 7.01. The van der Waals surface area contributed by atoms with Crippen molar-refractivity contribution in [1.82, 2.24) is 0 Å². The number of nitrogens with one attached hydrogen (secondary N) is 2. The van der Waals surface area contributed by atoms with E-state index in [-0.39, 0.29) is 12.4 Å². The predicted octanol–water partition coefficient (Wildman–Crippen LogP) is 5.33. The maximum atomic E-state index is 3.50. The number of rotatable bonds is 6. The molecular weight excluding hydrogens is 304 g/mol. The molecule has 2 N–H and O–H groups in total. The highest BCUT2D eigenvalue weighted by Crippen LogP contribution is 2.22. The third kappa shape index (κ3) is 5.04. The van der Waals surface area contributed by atoms with E-state index in [1.807, 2.05) is 12.1 Å². The fraction of sp³-hybridized carbons (Fsp3) is 0.100. The van der Waals surface area contributed by atoms with Crippen molar-refractivity contribution in [2.45, 2.75) is 13.1 Å². The average Bonchev–Trinajstić information content (AvgIpc) is 2.61. The SMILES string of the molecule is Cl.c1ccc(CNc2ccccc2NCc2ccccc2)cc1. The van der Waals surface area contributed by atoms with Gasteiger partial charge in [0.1, 0.15) is 0 Å². The Morgan fingerprint density at radius 3 is 1.22 bits per heavy atom. The number of anilines is 2. The number of benzene rings is 3. The molecule has 0 fully saturated rings. The van der Waals surface area contributed by atoms with Gasteiger partial charge in [0, 0.05) is 13.1 Å². The van der Waals surface area contributed by atoms with E-state index in [4.69, 9.17) is 0 Å². The summed E-state index contributed by atoms with van der Waals surface area (Å²) in [5.74, 6) is 0. The lowest BCUT2D eigenvalue weighted by Gasteiger charge is -2.14. The summed E-state index contributed by atoms with van der Waals surface area (Å²) in [7, 11) is 0. The Balaban J connectivity index is 0.00000192. The van der Waals surface area contributed by atoms with Crippen LogP contribution in [-0.2, 0) is 13.1 Å². The molecule has 0 saturated carbocycles. The molecule has 3 rings (SSSR count). The Kier molecular flexibility index (Phi) is 6.52. The highest BCUT2D eigenvalue weighted by molar-refractivity contribution is 5.85. The molecule has 118 valence electrons. The van der Waals surface area contributed by atoms with Crippen LogP contribution in [0.4, 0.5) is 11.4 Å². The third-order valence-corrected chi connectivity index (χ3v) is 3.58. The number of hydrogen-bond acceptors (Lipinski definition) is 2. The van der Waals surface area contributed by atoms with Crippen LogP contribution in [0.3, 0.4) is 0 Å². The van der Waals surface area contributed by atoms with Gasteiger partial charge < -0.3 is 10.6 Å². The standard InChI is InChI=1S/C20H20N2.ClH/c1-3-9-17(10-4-1)15-21-19-13-7-8-14-20(19)22-16-18-11-5-2-6-12-18;/h1-14,21-22H,15-16H2;1H. The summed E-state index contributed by atoms with van der Waals surface area (Å²) in [4.78, 5) is 0. The highest BCUT2D eigenvalue weighted by Gasteiger charge is 2.01. The van der Waals surface area contributed by atoms with Crippen LogP contribution in [0, 0.1) is 0 Å². The predicted molar refractivity (Wildman–Crippen MR) is 101 cm³/mol. The van der Waals surface area contributed by atoms with Crippen molar-refractivity contribution in [3.05, 3.63) is 96.1 Å². The third-order valence-electron chi connectivity index (χ3n) is 3.58. The molecule has 3 aromatic carbocycles. The molecule has 0 saturated heterocycles. The second-order valence-corrected chi connectivity index (χ2v) is 5.22. The maximum absolute atomic E-state index is 3.50. The van der Waals surface area contributed by atoms with Crippen LogP contribution in [0.25, 0.3) is 0 Å². The van der Waals surface area contributed by atoms with E-state index >= 15 is 0 Å². The molecule has 0 aliphatic rings. The zero-order valence-electron chi connectivity index (χ0n) is 12.9. The van der Waals surface area contributed by atoms with Gasteiger partial charge in [0.25, 0.3) is 0 Å². The van der Waals surface area contributed by atoms with E-state index in [1.165, 1.54) is 11.1 Å².